The SMILES string of the molecule is C=CCN(c1cc(C(=O)OC)ccc1C)S(=O)(=O)c1ccc(OCC)cc1. The average molecular weight is 389 g/mol. The van der Waals surface area contributed by atoms with Gasteiger partial charge in [0.05, 0.1) is 36.4 Å². The number of carbonyl (C=O) groups excluding carboxylic acids is 1. The van der Waals surface area contributed by atoms with Crippen molar-refractivity contribution >= 4 is 21.7 Å². The van der Waals surface area contributed by atoms with Crippen molar-refractivity contribution in [1.82, 2.24) is 0 Å². The Morgan fingerprint density at radius 2 is 1.85 bits per heavy atom. The Balaban J connectivity index is 2.52. The van der Waals surface area contributed by atoms with E-state index in [0.717, 1.165) is 0 Å². The Bertz CT molecular complexity index is 920. The molecule has 0 aliphatic carbocycles. The normalized spacial score (nSPS) is 10.9. The summed E-state index contributed by atoms with van der Waals surface area (Å²) in [7, 11) is -2.59. The first-order valence-electron chi connectivity index (χ1n) is 8.40. The van der Waals surface area contributed by atoms with Crippen molar-refractivity contribution in [2.75, 3.05) is 24.6 Å². The highest BCUT2D eigenvalue weighted by Gasteiger charge is 2.26. The molecule has 7 heteroatoms. The lowest BCUT2D eigenvalue weighted by Gasteiger charge is -2.25. The zero-order valence-corrected chi connectivity index (χ0v) is 16.5. The number of nitrogens with zero attached hydrogens (tertiary/aromatic N) is 1. The van der Waals surface area contributed by atoms with Gasteiger partial charge in [-0.3, -0.25) is 4.31 Å². The predicted octanol–water partition coefficient (Wildman–Crippen LogP) is 3.56. The van der Waals surface area contributed by atoms with Crippen LogP contribution in [-0.2, 0) is 14.8 Å². The summed E-state index contributed by atoms with van der Waals surface area (Å²) in [5.74, 6) is 0.0591. The molecule has 27 heavy (non-hydrogen) atoms. The molecule has 0 saturated carbocycles. The molecule has 0 amide bonds. The van der Waals surface area contributed by atoms with Gasteiger partial charge in [0.25, 0.3) is 10.0 Å². The molecule has 0 aromatic heterocycles. The quantitative estimate of drug-likeness (QED) is 0.510. The zero-order chi connectivity index (χ0) is 20.0. The van der Waals surface area contributed by atoms with Gasteiger partial charge in [-0.25, -0.2) is 13.2 Å². The lowest BCUT2D eigenvalue weighted by Crippen LogP contribution is -2.32. The molecular weight excluding hydrogens is 366 g/mol. The number of esters is 1. The van der Waals surface area contributed by atoms with Gasteiger partial charge in [-0.2, -0.15) is 0 Å². The van der Waals surface area contributed by atoms with E-state index in [4.69, 9.17) is 9.47 Å². The van der Waals surface area contributed by atoms with Crippen LogP contribution in [0.5, 0.6) is 5.75 Å². The fourth-order valence-corrected chi connectivity index (χ4v) is 4.06. The van der Waals surface area contributed by atoms with Gasteiger partial charge in [-0.05, 0) is 55.8 Å². The summed E-state index contributed by atoms with van der Waals surface area (Å²) in [6, 6.07) is 11.0. The molecule has 0 bridgehead atoms. The standard InChI is InChI=1S/C20H23NO5S/c1-5-13-21(19-14-16(20(22)25-4)8-7-15(19)3)27(23,24)18-11-9-17(10-12-18)26-6-2/h5,7-12,14H,1,6,13H2,2-4H3. The van der Waals surface area contributed by atoms with Crippen molar-refractivity contribution in [3.63, 3.8) is 0 Å². The summed E-state index contributed by atoms with van der Waals surface area (Å²) >= 11 is 0. The molecule has 0 N–H and O–H groups in total. The molecule has 0 radical (unpaired) electrons. The van der Waals surface area contributed by atoms with E-state index in [-0.39, 0.29) is 17.0 Å². The van der Waals surface area contributed by atoms with Gasteiger partial charge in [0.15, 0.2) is 0 Å². The number of ether oxygens (including phenoxy) is 2. The van der Waals surface area contributed by atoms with E-state index < -0.39 is 16.0 Å². The van der Waals surface area contributed by atoms with Crippen molar-refractivity contribution < 1.29 is 22.7 Å². The number of sulfonamides is 1. The highest BCUT2D eigenvalue weighted by atomic mass is 32.2. The van der Waals surface area contributed by atoms with Crippen LogP contribution in [0.1, 0.15) is 22.8 Å². The van der Waals surface area contributed by atoms with Crippen LogP contribution >= 0.6 is 0 Å². The Morgan fingerprint density at radius 3 is 2.41 bits per heavy atom. The number of benzene rings is 2. The third kappa shape index (κ3) is 4.49. The summed E-state index contributed by atoms with van der Waals surface area (Å²) < 4.78 is 37.8. The average Bonchev–Trinajstić information content (AvgIpc) is 2.67. The van der Waals surface area contributed by atoms with E-state index >= 15 is 0 Å². The van der Waals surface area contributed by atoms with Gasteiger partial charge in [0.1, 0.15) is 5.75 Å². The first kappa shape index (κ1) is 20.5. The molecule has 2 aromatic rings. The van der Waals surface area contributed by atoms with Gasteiger partial charge in [-0.15, -0.1) is 6.58 Å². The molecule has 0 aliphatic heterocycles. The number of hydrogen-bond donors (Lipinski definition) is 0. The van der Waals surface area contributed by atoms with E-state index in [2.05, 4.69) is 6.58 Å². The number of carbonyl (C=O) groups is 1. The maximum atomic E-state index is 13.2. The molecular formula is C20H23NO5S. The second-order valence-electron chi connectivity index (χ2n) is 5.72. The molecule has 0 heterocycles. The van der Waals surface area contributed by atoms with Crippen LogP contribution in [0.3, 0.4) is 0 Å². The number of anilines is 1. The fourth-order valence-electron chi connectivity index (χ4n) is 2.57. The second-order valence-corrected chi connectivity index (χ2v) is 7.58. The summed E-state index contributed by atoms with van der Waals surface area (Å²) in [6.45, 7) is 7.84. The van der Waals surface area contributed by atoms with Gasteiger partial charge < -0.3 is 9.47 Å². The summed E-state index contributed by atoms with van der Waals surface area (Å²) in [5.41, 5.74) is 1.37. The van der Waals surface area contributed by atoms with Crippen LogP contribution in [0.15, 0.2) is 60.0 Å². The van der Waals surface area contributed by atoms with Crippen LogP contribution in [0, 0.1) is 6.92 Å². The number of aryl methyl sites for hydroxylation is 1. The molecule has 0 aliphatic rings. The van der Waals surface area contributed by atoms with Crippen molar-refractivity contribution in [2.24, 2.45) is 0 Å². The van der Waals surface area contributed by atoms with Gasteiger partial charge in [0.2, 0.25) is 0 Å². The summed E-state index contributed by atoms with van der Waals surface area (Å²) in [6.07, 6.45) is 1.50. The van der Waals surface area contributed by atoms with E-state index in [9.17, 15) is 13.2 Å². The molecule has 0 spiro atoms. The Kier molecular flexibility index (Phi) is 6.63. The van der Waals surface area contributed by atoms with Crippen molar-refractivity contribution in [2.45, 2.75) is 18.7 Å². The Morgan fingerprint density at radius 1 is 1.19 bits per heavy atom. The van der Waals surface area contributed by atoms with E-state index in [0.29, 0.717) is 23.6 Å². The van der Waals surface area contributed by atoms with Crippen LogP contribution in [0.25, 0.3) is 0 Å². The maximum absolute atomic E-state index is 13.2. The monoisotopic (exact) mass is 389 g/mol. The molecule has 2 rings (SSSR count). The highest BCUT2D eigenvalue weighted by Crippen LogP contribution is 2.29. The number of hydrogen-bond acceptors (Lipinski definition) is 5. The van der Waals surface area contributed by atoms with E-state index in [1.165, 1.54) is 35.7 Å². The summed E-state index contributed by atoms with van der Waals surface area (Å²) in [5, 5.41) is 0. The van der Waals surface area contributed by atoms with Crippen molar-refractivity contribution in [3.05, 3.63) is 66.2 Å². The van der Waals surface area contributed by atoms with Crippen molar-refractivity contribution in [3.8, 4) is 5.75 Å². The summed E-state index contributed by atoms with van der Waals surface area (Å²) in [4.78, 5) is 12.0. The topological polar surface area (TPSA) is 72.9 Å². The first-order valence-corrected chi connectivity index (χ1v) is 9.84. The highest BCUT2D eigenvalue weighted by molar-refractivity contribution is 7.92. The molecule has 144 valence electrons. The first-order chi connectivity index (χ1) is 12.8. The minimum Gasteiger partial charge on any atom is -0.494 e. The second kappa shape index (κ2) is 8.73. The Labute approximate surface area is 160 Å². The lowest BCUT2D eigenvalue weighted by molar-refractivity contribution is 0.0600. The van der Waals surface area contributed by atoms with Gasteiger partial charge >= 0.3 is 5.97 Å². The predicted molar refractivity (Wildman–Crippen MR) is 105 cm³/mol. The largest absolute Gasteiger partial charge is 0.494 e. The number of rotatable bonds is 8. The van der Waals surface area contributed by atoms with E-state index in [1.807, 2.05) is 6.92 Å². The third-order valence-electron chi connectivity index (χ3n) is 3.92. The Hall–Kier alpha value is -2.80. The molecule has 0 fully saturated rings. The van der Waals surface area contributed by atoms with Crippen LogP contribution in [-0.4, -0.2) is 34.6 Å². The van der Waals surface area contributed by atoms with Crippen LogP contribution in [0.4, 0.5) is 5.69 Å². The third-order valence-corrected chi connectivity index (χ3v) is 5.71. The van der Waals surface area contributed by atoms with Gasteiger partial charge in [-0.1, -0.05) is 12.1 Å². The lowest BCUT2D eigenvalue weighted by atomic mass is 10.1. The zero-order valence-electron chi connectivity index (χ0n) is 15.6. The fraction of sp³-hybridized carbons (Fsp3) is 0.250. The molecule has 2 aromatic carbocycles. The molecule has 6 nitrogen and oxygen atoms in total. The number of methoxy groups -OCH3 is 1. The van der Waals surface area contributed by atoms with Gasteiger partial charge in [0, 0.05) is 0 Å². The van der Waals surface area contributed by atoms with Crippen LogP contribution < -0.4 is 9.04 Å². The van der Waals surface area contributed by atoms with Crippen molar-refractivity contribution in [1.29, 1.82) is 0 Å². The van der Waals surface area contributed by atoms with Crippen LogP contribution in [0.2, 0.25) is 0 Å². The minimum atomic E-state index is -3.87. The molecule has 0 unspecified atom stereocenters. The molecule has 0 atom stereocenters. The smallest absolute Gasteiger partial charge is 0.337 e. The van der Waals surface area contributed by atoms with E-state index in [1.54, 1.807) is 31.2 Å². The maximum Gasteiger partial charge on any atom is 0.337 e. The minimum absolute atomic E-state index is 0.0566. The molecule has 0 saturated heterocycles.